The molecule has 0 unspecified atom stereocenters. The standard InChI is InChI=1S/C18H29F3O8S2/c1-12(14(3)28-31(25,26)18(19,20)21)10-16(29-30(4,23)24)7-8-17-13(2)11-15(27-17)6-5-9-22/h12,15-17,22H,2-3,5-11H2,1,4H3/t12-,15+,16-,17+/m1/s1. The van der Waals surface area contributed by atoms with E-state index in [4.69, 9.17) is 14.0 Å². The number of aliphatic hydroxyl groups excluding tert-OH is 1. The molecule has 0 aliphatic carbocycles. The molecule has 0 aromatic heterocycles. The Morgan fingerprint density at radius 2 is 1.90 bits per heavy atom. The van der Waals surface area contributed by atoms with E-state index >= 15 is 0 Å². The second-order valence-electron chi connectivity index (χ2n) is 7.56. The zero-order chi connectivity index (χ0) is 24.0. The van der Waals surface area contributed by atoms with Crippen LogP contribution in [0.4, 0.5) is 13.2 Å². The lowest BCUT2D eigenvalue weighted by Crippen LogP contribution is -2.28. The molecule has 1 fully saturated rings. The minimum atomic E-state index is -5.87. The van der Waals surface area contributed by atoms with Gasteiger partial charge in [0.2, 0.25) is 0 Å². The number of rotatable bonds is 13. The number of aliphatic hydroxyl groups is 1. The number of allylic oxidation sites excluding steroid dienone is 1. The van der Waals surface area contributed by atoms with Crippen molar-refractivity contribution in [1.29, 1.82) is 0 Å². The monoisotopic (exact) mass is 494 g/mol. The summed E-state index contributed by atoms with van der Waals surface area (Å²) in [4.78, 5) is 0. The summed E-state index contributed by atoms with van der Waals surface area (Å²) in [5.41, 5.74) is -4.79. The van der Waals surface area contributed by atoms with Crippen molar-refractivity contribution in [2.45, 2.75) is 69.3 Å². The van der Waals surface area contributed by atoms with Gasteiger partial charge in [-0.05, 0) is 44.1 Å². The van der Waals surface area contributed by atoms with E-state index in [0.29, 0.717) is 25.7 Å². The first kappa shape index (κ1) is 27.9. The molecule has 0 spiro atoms. The number of hydrogen-bond acceptors (Lipinski definition) is 8. The quantitative estimate of drug-likeness (QED) is 0.180. The van der Waals surface area contributed by atoms with Crippen molar-refractivity contribution in [3.05, 3.63) is 24.5 Å². The van der Waals surface area contributed by atoms with Gasteiger partial charge in [0, 0.05) is 12.5 Å². The molecule has 0 bridgehead atoms. The minimum Gasteiger partial charge on any atom is -0.396 e. The van der Waals surface area contributed by atoms with Crippen molar-refractivity contribution in [1.82, 2.24) is 0 Å². The maximum absolute atomic E-state index is 12.5. The smallest absolute Gasteiger partial charge is 0.396 e. The molecular weight excluding hydrogens is 465 g/mol. The Morgan fingerprint density at radius 3 is 2.42 bits per heavy atom. The normalized spacial score (nSPS) is 22.3. The Labute approximate surface area is 181 Å². The number of alkyl halides is 3. The molecule has 1 heterocycles. The molecule has 0 aromatic rings. The number of halogens is 3. The highest BCUT2D eigenvalue weighted by Crippen LogP contribution is 2.33. The molecular formula is C18H29F3O8S2. The molecule has 13 heteroatoms. The van der Waals surface area contributed by atoms with Crippen molar-refractivity contribution in [3.63, 3.8) is 0 Å². The van der Waals surface area contributed by atoms with Gasteiger partial charge >= 0.3 is 15.6 Å². The largest absolute Gasteiger partial charge is 0.534 e. The molecule has 0 aromatic carbocycles. The lowest BCUT2D eigenvalue weighted by atomic mass is 9.96. The third kappa shape index (κ3) is 9.48. The van der Waals surface area contributed by atoms with E-state index < -0.39 is 43.5 Å². The molecule has 1 aliphatic heterocycles. The lowest BCUT2D eigenvalue weighted by molar-refractivity contribution is -0.0527. The molecule has 1 saturated heterocycles. The number of hydrogen-bond donors (Lipinski definition) is 1. The average molecular weight is 495 g/mol. The van der Waals surface area contributed by atoms with E-state index in [9.17, 15) is 30.0 Å². The highest BCUT2D eigenvalue weighted by molar-refractivity contribution is 7.87. The second kappa shape index (κ2) is 11.1. The van der Waals surface area contributed by atoms with E-state index in [0.717, 1.165) is 11.8 Å². The highest BCUT2D eigenvalue weighted by atomic mass is 32.2. The molecule has 4 atom stereocenters. The summed E-state index contributed by atoms with van der Waals surface area (Å²) in [6.45, 7) is 8.56. The Balaban J connectivity index is 2.75. The van der Waals surface area contributed by atoms with Crippen LogP contribution in [0.5, 0.6) is 0 Å². The van der Waals surface area contributed by atoms with Crippen LogP contribution in [0.25, 0.3) is 0 Å². The van der Waals surface area contributed by atoms with Crippen molar-refractivity contribution in [2.24, 2.45) is 5.92 Å². The zero-order valence-corrected chi connectivity index (χ0v) is 19.1. The van der Waals surface area contributed by atoms with Crippen LogP contribution in [-0.4, -0.2) is 58.6 Å². The van der Waals surface area contributed by atoms with Crippen molar-refractivity contribution in [3.8, 4) is 0 Å². The summed E-state index contributed by atoms with van der Waals surface area (Å²) < 4.78 is 97.8. The molecule has 182 valence electrons. The van der Waals surface area contributed by atoms with E-state index in [1.807, 2.05) is 0 Å². The first-order valence-corrected chi connectivity index (χ1v) is 12.8. The average Bonchev–Trinajstić information content (AvgIpc) is 2.94. The maximum atomic E-state index is 12.5. The summed E-state index contributed by atoms with van der Waals surface area (Å²) in [5, 5.41) is 8.92. The first-order valence-electron chi connectivity index (χ1n) is 9.57. The molecule has 0 radical (unpaired) electrons. The summed E-state index contributed by atoms with van der Waals surface area (Å²) in [6, 6.07) is 0. The molecule has 31 heavy (non-hydrogen) atoms. The zero-order valence-electron chi connectivity index (χ0n) is 17.4. The third-order valence-electron chi connectivity index (χ3n) is 4.71. The van der Waals surface area contributed by atoms with Gasteiger partial charge in [-0.2, -0.15) is 30.0 Å². The molecule has 1 aliphatic rings. The summed E-state index contributed by atoms with van der Waals surface area (Å²) in [7, 11) is -9.76. The first-order chi connectivity index (χ1) is 14.1. The molecule has 8 nitrogen and oxygen atoms in total. The van der Waals surface area contributed by atoms with E-state index in [2.05, 4.69) is 17.3 Å². The van der Waals surface area contributed by atoms with Crippen LogP contribution in [0.1, 0.15) is 45.4 Å². The van der Waals surface area contributed by atoms with Crippen LogP contribution in [0.2, 0.25) is 0 Å². The van der Waals surface area contributed by atoms with E-state index in [1.54, 1.807) is 0 Å². The number of ether oxygens (including phenoxy) is 1. The van der Waals surface area contributed by atoms with E-state index in [-0.39, 0.29) is 31.7 Å². The van der Waals surface area contributed by atoms with Crippen LogP contribution < -0.4 is 0 Å². The topological polar surface area (TPSA) is 116 Å². The SMILES string of the molecule is C=C(OS(=O)(=O)C(F)(F)F)[C@H](C)C[C@@H](CC[C@@H]1O[C@@H](CCCO)CC1=C)OS(C)(=O)=O. The van der Waals surface area contributed by atoms with Crippen molar-refractivity contribution < 1.29 is 48.2 Å². The Morgan fingerprint density at radius 1 is 1.29 bits per heavy atom. The predicted molar refractivity (Wildman–Crippen MR) is 107 cm³/mol. The van der Waals surface area contributed by atoms with Crippen LogP contribution in [0, 0.1) is 5.92 Å². The lowest BCUT2D eigenvalue weighted by Gasteiger charge is -2.23. The molecule has 1 rings (SSSR count). The van der Waals surface area contributed by atoms with Crippen LogP contribution in [0.15, 0.2) is 24.5 Å². The van der Waals surface area contributed by atoms with Gasteiger partial charge in [-0.25, -0.2) is 0 Å². The van der Waals surface area contributed by atoms with Crippen LogP contribution in [-0.2, 0) is 33.3 Å². The van der Waals surface area contributed by atoms with Gasteiger partial charge in [0.25, 0.3) is 10.1 Å². The maximum Gasteiger partial charge on any atom is 0.534 e. The summed E-state index contributed by atoms with van der Waals surface area (Å²) in [5.74, 6) is -1.63. The molecule has 1 N–H and O–H groups in total. The molecule has 0 amide bonds. The Hall–Kier alpha value is -1.15. The van der Waals surface area contributed by atoms with E-state index in [1.165, 1.54) is 6.92 Å². The van der Waals surface area contributed by atoms with Gasteiger partial charge < -0.3 is 14.0 Å². The fourth-order valence-electron chi connectivity index (χ4n) is 3.15. The fraction of sp³-hybridized carbons (Fsp3) is 0.778. The van der Waals surface area contributed by atoms with Gasteiger partial charge in [-0.3, -0.25) is 4.18 Å². The Bertz CT molecular complexity index is 836. The van der Waals surface area contributed by atoms with Gasteiger partial charge in [-0.15, -0.1) is 0 Å². The van der Waals surface area contributed by atoms with Gasteiger partial charge in [0.05, 0.1) is 24.6 Å². The Kier molecular flexibility index (Phi) is 10.0. The fourth-order valence-corrected chi connectivity index (χ4v) is 4.36. The van der Waals surface area contributed by atoms with Gasteiger partial charge in [-0.1, -0.05) is 20.1 Å². The molecule has 0 saturated carbocycles. The predicted octanol–water partition coefficient (Wildman–Crippen LogP) is 3.00. The summed E-state index contributed by atoms with van der Waals surface area (Å²) in [6.07, 6.45) is 1.61. The van der Waals surface area contributed by atoms with Gasteiger partial charge in [0.1, 0.15) is 5.76 Å². The highest BCUT2D eigenvalue weighted by Gasteiger charge is 2.49. The summed E-state index contributed by atoms with van der Waals surface area (Å²) >= 11 is 0. The minimum absolute atomic E-state index is 0.0369. The second-order valence-corrected chi connectivity index (χ2v) is 10.7. The van der Waals surface area contributed by atoms with Crippen molar-refractivity contribution >= 4 is 20.2 Å². The van der Waals surface area contributed by atoms with Crippen LogP contribution >= 0.6 is 0 Å². The van der Waals surface area contributed by atoms with Gasteiger partial charge in [0.15, 0.2) is 0 Å². The van der Waals surface area contributed by atoms with Crippen LogP contribution in [0.3, 0.4) is 0 Å². The van der Waals surface area contributed by atoms with Crippen molar-refractivity contribution in [2.75, 3.05) is 12.9 Å². The third-order valence-corrected chi connectivity index (χ3v) is 6.34.